The predicted octanol–water partition coefficient (Wildman–Crippen LogP) is 1.96. The zero-order valence-corrected chi connectivity index (χ0v) is 42.3. The van der Waals surface area contributed by atoms with Crippen LogP contribution in [-0.4, -0.2) is 221 Å². The van der Waals surface area contributed by atoms with Gasteiger partial charge in [-0.1, -0.05) is 0 Å². The molecular weight excluding hydrogens is 1030 g/mol. The quantitative estimate of drug-likeness (QED) is 0.0431. The van der Waals surface area contributed by atoms with Crippen LogP contribution in [0.25, 0.3) is 0 Å². The lowest BCUT2D eigenvalue weighted by Crippen LogP contribution is -2.62. The summed E-state index contributed by atoms with van der Waals surface area (Å²) in [5.41, 5.74) is 0. The lowest BCUT2D eigenvalue weighted by atomic mass is 9.98. The molecule has 0 radical (unpaired) electrons. The van der Waals surface area contributed by atoms with Crippen LogP contribution in [0.2, 0.25) is 0 Å². The highest BCUT2D eigenvalue weighted by Gasteiger charge is 2.49. The second kappa shape index (κ2) is 33.5. The largest absolute Gasteiger partial charge is 0.379 e. The van der Waals surface area contributed by atoms with Gasteiger partial charge in [0.1, 0.15) is 24.4 Å². The SMILES string of the molecule is O=S(=O)(O)CCSCCCOC[C@H]1O[C@@H](OCCCSCCS(=O)(=O)O)[C@H](OCCCSCCS(=O)(=O)O)[C@@H](OCCCSCCS(=O)(=O)O)[C@@H]1OCCCSCCS(=O)(=O)O. The smallest absolute Gasteiger partial charge is 0.265 e. The molecule has 1 rings (SSSR count). The van der Waals surface area contributed by atoms with Gasteiger partial charge in [-0.15, -0.1) is 0 Å². The molecule has 1 aliphatic heterocycles. The molecule has 1 saturated heterocycles. The fourth-order valence-corrected chi connectivity index (χ4v) is 14.2. The van der Waals surface area contributed by atoms with Crippen LogP contribution in [0, 0.1) is 0 Å². The maximum atomic E-state index is 11.1. The third-order valence-corrected chi connectivity index (χ3v) is 18.1. The Morgan fingerprint density at radius 2 is 0.661 bits per heavy atom. The molecule has 0 saturated carbocycles. The Kier molecular flexibility index (Phi) is 33.0. The first-order valence-corrected chi connectivity index (χ1v) is 33.1. The van der Waals surface area contributed by atoms with E-state index < -0.39 is 104 Å². The molecule has 1 heterocycles. The van der Waals surface area contributed by atoms with Crippen LogP contribution < -0.4 is 0 Å². The first-order chi connectivity index (χ1) is 29.0. The topological polar surface area (TPSA) is 327 Å². The molecule has 5 N–H and O–H groups in total. The van der Waals surface area contributed by atoms with Gasteiger partial charge in [0, 0.05) is 55.2 Å². The van der Waals surface area contributed by atoms with Crippen molar-refractivity contribution in [2.45, 2.75) is 62.8 Å². The third kappa shape index (κ3) is 37.1. The molecule has 0 aliphatic carbocycles. The maximum Gasteiger partial charge on any atom is 0.265 e. The Morgan fingerprint density at radius 1 is 0.371 bits per heavy atom. The Hall–Kier alpha value is 1.06. The van der Waals surface area contributed by atoms with E-state index in [4.69, 9.17) is 51.2 Å². The van der Waals surface area contributed by atoms with Crippen LogP contribution >= 0.6 is 58.8 Å². The highest BCUT2D eigenvalue weighted by Crippen LogP contribution is 2.30. The first kappa shape index (κ1) is 61.1. The van der Waals surface area contributed by atoms with Gasteiger partial charge in [0.15, 0.2) is 6.29 Å². The fourth-order valence-electron chi connectivity index (χ4n) is 5.01. The lowest BCUT2D eigenvalue weighted by Gasteiger charge is -2.46. The molecule has 31 heteroatoms. The Balaban J connectivity index is 3.24. The molecule has 1 fully saturated rings. The van der Waals surface area contributed by atoms with Gasteiger partial charge in [0.2, 0.25) is 0 Å². The van der Waals surface area contributed by atoms with Crippen molar-refractivity contribution in [2.75, 3.05) is 126 Å². The minimum atomic E-state index is -4.12. The molecule has 0 aromatic rings. The molecular formula is C31H62O21S10. The van der Waals surface area contributed by atoms with E-state index in [-0.39, 0.29) is 74.2 Å². The Bertz CT molecular complexity index is 1740. The van der Waals surface area contributed by atoms with Gasteiger partial charge in [0.05, 0.1) is 42.0 Å². The summed E-state index contributed by atoms with van der Waals surface area (Å²) in [6.45, 7) is 0.874. The van der Waals surface area contributed by atoms with Crippen molar-refractivity contribution in [3.63, 3.8) is 0 Å². The molecule has 5 atom stereocenters. The summed E-state index contributed by atoms with van der Waals surface area (Å²) < 4.78 is 194. The summed E-state index contributed by atoms with van der Waals surface area (Å²) in [4.78, 5) is 0. The molecule has 0 aromatic heterocycles. The number of hydrogen-bond acceptors (Lipinski definition) is 21. The van der Waals surface area contributed by atoms with E-state index >= 15 is 0 Å². The third-order valence-electron chi connectivity index (χ3n) is 7.82. The molecule has 0 spiro atoms. The molecule has 21 nitrogen and oxygen atoms in total. The van der Waals surface area contributed by atoms with Crippen molar-refractivity contribution in [1.29, 1.82) is 0 Å². The van der Waals surface area contributed by atoms with E-state index in [0.29, 0.717) is 60.9 Å². The summed E-state index contributed by atoms with van der Waals surface area (Å²) in [5.74, 6) is 1.40. The summed E-state index contributed by atoms with van der Waals surface area (Å²) in [6.07, 6.45) is -2.01. The van der Waals surface area contributed by atoms with Crippen molar-refractivity contribution in [3.8, 4) is 0 Å². The fraction of sp³-hybridized carbons (Fsp3) is 1.00. The van der Waals surface area contributed by atoms with Crippen LogP contribution in [0.3, 0.4) is 0 Å². The van der Waals surface area contributed by atoms with E-state index in [1.165, 1.54) is 58.8 Å². The van der Waals surface area contributed by atoms with Crippen LogP contribution in [0.4, 0.5) is 0 Å². The molecule has 0 amide bonds. The van der Waals surface area contributed by atoms with Gasteiger partial charge in [-0.25, -0.2) is 0 Å². The van der Waals surface area contributed by atoms with E-state index in [1.807, 2.05) is 0 Å². The standard InChI is InChI=1S/C31H62O21S10/c32-58(33,34)21-16-53-11-1-6-47-26-27-28(48-7-2-12-54-17-22-59(35,36)37)29(49-8-3-13-55-18-23-60(38,39)40)30(50-9-4-14-56-19-24-61(41,42)43)31(52-27)51-10-5-15-57-20-25-62(44,45)46/h27-31H,1-26H2,(H,32,33,34)(H,35,36,37)(H,38,39,40)(H,41,42,43)(H,44,45,46)/t27-,28-,29+,30-,31-/m1/s1. The zero-order valence-electron chi connectivity index (χ0n) is 34.1. The molecule has 62 heavy (non-hydrogen) atoms. The number of hydrogen-bond donors (Lipinski definition) is 5. The molecule has 0 aromatic carbocycles. The summed E-state index contributed by atoms with van der Waals surface area (Å²) >= 11 is 6.55. The van der Waals surface area contributed by atoms with Crippen LogP contribution in [0.1, 0.15) is 32.1 Å². The highest BCUT2D eigenvalue weighted by molar-refractivity contribution is 8.01. The minimum absolute atomic E-state index is 0.00270. The van der Waals surface area contributed by atoms with E-state index in [2.05, 4.69) is 0 Å². The first-order valence-electron chi connectivity index (χ1n) is 19.3. The van der Waals surface area contributed by atoms with Crippen LogP contribution in [-0.2, 0) is 79.0 Å². The summed E-state index contributed by atoms with van der Waals surface area (Å²) in [5, 5.41) is 0. The molecule has 0 bridgehead atoms. The van der Waals surface area contributed by atoms with Gasteiger partial charge in [-0.3, -0.25) is 22.8 Å². The maximum absolute atomic E-state index is 11.1. The molecule has 0 unspecified atom stereocenters. The zero-order chi connectivity index (χ0) is 46.5. The Labute approximate surface area is 388 Å². The van der Waals surface area contributed by atoms with E-state index in [9.17, 15) is 42.1 Å². The van der Waals surface area contributed by atoms with Gasteiger partial charge >= 0.3 is 0 Å². The van der Waals surface area contributed by atoms with Crippen molar-refractivity contribution in [3.05, 3.63) is 0 Å². The van der Waals surface area contributed by atoms with E-state index in [1.54, 1.807) is 0 Å². The van der Waals surface area contributed by atoms with E-state index in [0.717, 1.165) is 0 Å². The van der Waals surface area contributed by atoms with Crippen molar-refractivity contribution >= 4 is 109 Å². The van der Waals surface area contributed by atoms with Gasteiger partial charge in [-0.05, 0) is 60.9 Å². The Morgan fingerprint density at radius 3 is 1.00 bits per heavy atom. The van der Waals surface area contributed by atoms with Crippen LogP contribution in [0.15, 0.2) is 0 Å². The second-order valence-electron chi connectivity index (χ2n) is 13.3. The minimum Gasteiger partial charge on any atom is -0.379 e. The lowest BCUT2D eigenvalue weighted by molar-refractivity contribution is -0.323. The number of thioether (sulfide) groups is 5. The normalized spacial score (nSPS) is 20.5. The van der Waals surface area contributed by atoms with Gasteiger partial charge in [-0.2, -0.15) is 101 Å². The average Bonchev–Trinajstić information content (AvgIpc) is 3.13. The summed E-state index contributed by atoms with van der Waals surface area (Å²) in [7, 11) is -20.5. The highest BCUT2D eigenvalue weighted by atomic mass is 32.2. The number of ether oxygens (including phenoxy) is 6. The van der Waals surface area contributed by atoms with Crippen LogP contribution in [0.5, 0.6) is 0 Å². The van der Waals surface area contributed by atoms with Gasteiger partial charge in [0.25, 0.3) is 50.6 Å². The second-order valence-corrected chi connectivity index (χ2v) is 27.2. The van der Waals surface area contributed by atoms with Gasteiger partial charge < -0.3 is 28.4 Å². The monoisotopic (exact) mass is 1090 g/mol. The average molecular weight is 1090 g/mol. The van der Waals surface area contributed by atoms with Crippen molar-refractivity contribution in [2.24, 2.45) is 0 Å². The number of rotatable bonds is 41. The summed E-state index contributed by atoms with van der Waals surface area (Å²) in [6, 6.07) is 0. The van der Waals surface area contributed by atoms with Crippen molar-refractivity contribution in [1.82, 2.24) is 0 Å². The van der Waals surface area contributed by atoms with Crippen molar-refractivity contribution < 1.29 is 93.3 Å². The predicted molar refractivity (Wildman–Crippen MR) is 246 cm³/mol. The molecule has 372 valence electrons. The molecule has 1 aliphatic rings.